The third kappa shape index (κ3) is 2.60. The Balaban J connectivity index is 1.86. The van der Waals surface area contributed by atoms with Gasteiger partial charge in [-0.15, -0.1) is 11.3 Å². The van der Waals surface area contributed by atoms with Crippen LogP contribution in [0.5, 0.6) is 0 Å². The van der Waals surface area contributed by atoms with E-state index in [1.54, 1.807) is 11.3 Å². The standard InChI is InChI=1S/C15H16BrN3S/c1-10-4-5-11(7-13(10)16)14-8-18-15(17)19(14)9-12-3-2-6-20-12/h2-7,14H,8-9H2,1H3,(H2,17,18). The molecule has 1 atom stereocenters. The highest BCUT2D eigenvalue weighted by atomic mass is 79.9. The number of aryl methyl sites for hydroxylation is 1. The van der Waals surface area contributed by atoms with Crippen LogP contribution in [0, 0.1) is 6.92 Å². The zero-order valence-electron chi connectivity index (χ0n) is 11.2. The van der Waals surface area contributed by atoms with Crippen molar-refractivity contribution >= 4 is 33.2 Å². The smallest absolute Gasteiger partial charge is 0.192 e. The van der Waals surface area contributed by atoms with Gasteiger partial charge in [0.05, 0.1) is 19.1 Å². The second kappa shape index (κ2) is 5.58. The first kappa shape index (κ1) is 13.6. The summed E-state index contributed by atoms with van der Waals surface area (Å²) in [7, 11) is 0. The van der Waals surface area contributed by atoms with Gasteiger partial charge in [-0.25, -0.2) is 0 Å². The maximum atomic E-state index is 6.06. The molecule has 2 aromatic rings. The van der Waals surface area contributed by atoms with Crippen molar-refractivity contribution in [1.29, 1.82) is 0 Å². The molecule has 0 radical (unpaired) electrons. The zero-order chi connectivity index (χ0) is 14.1. The van der Waals surface area contributed by atoms with Crippen molar-refractivity contribution < 1.29 is 0 Å². The predicted molar refractivity (Wildman–Crippen MR) is 88.0 cm³/mol. The number of thiophene rings is 1. The largest absolute Gasteiger partial charge is 0.370 e. The molecule has 0 saturated carbocycles. The monoisotopic (exact) mass is 349 g/mol. The van der Waals surface area contributed by atoms with Crippen molar-refractivity contribution in [3.05, 3.63) is 56.2 Å². The summed E-state index contributed by atoms with van der Waals surface area (Å²) in [5.41, 5.74) is 8.55. The summed E-state index contributed by atoms with van der Waals surface area (Å²) in [5, 5.41) is 2.09. The molecule has 0 fully saturated rings. The van der Waals surface area contributed by atoms with Gasteiger partial charge in [0.1, 0.15) is 0 Å². The van der Waals surface area contributed by atoms with Crippen LogP contribution in [0.3, 0.4) is 0 Å². The molecular weight excluding hydrogens is 334 g/mol. The summed E-state index contributed by atoms with van der Waals surface area (Å²) in [5.74, 6) is 0.639. The van der Waals surface area contributed by atoms with Crippen molar-refractivity contribution in [2.45, 2.75) is 19.5 Å². The lowest BCUT2D eigenvalue weighted by Crippen LogP contribution is -2.35. The molecule has 3 rings (SSSR count). The lowest BCUT2D eigenvalue weighted by Gasteiger charge is -2.26. The van der Waals surface area contributed by atoms with Gasteiger partial charge in [0, 0.05) is 9.35 Å². The van der Waals surface area contributed by atoms with Crippen LogP contribution in [0.1, 0.15) is 22.0 Å². The van der Waals surface area contributed by atoms with E-state index in [1.165, 1.54) is 16.0 Å². The Morgan fingerprint density at radius 3 is 3.00 bits per heavy atom. The van der Waals surface area contributed by atoms with Crippen LogP contribution in [-0.4, -0.2) is 17.4 Å². The van der Waals surface area contributed by atoms with E-state index in [-0.39, 0.29) is 6.04 Å². The highest BCUT2D eigenvalue weighted by Gasteiger charge is 2.27. The first-order valence-corrected chi connectivity index (χ1v) is 8.17. The molecule has 1 unspecified atom stereocenters. The van der Waals surface area contributed by atoms with E-state index < -0.39 is 0 Å². The van der Waals surface area contributed by atoms with Gasteiger partial charge in [-0.2, -0.15) is 0 Å². The average Bonchev–Trinajstić information content (AvgIpc) is 3.05. The van der Waals surface area contributed by atoms with Gasteiger partial charge in [-0.3, -0.25) is 4.99 Å². The lowest BCUT2D eigenvalue weighted by molar-refractivity contribution is 0.343. The van der Waals surface area contributed by atoms with Crippen molar-refractivity contribution in [2.24, 2.45) is 10.7 Å². The molecule has 1 aromatic carbocycles. The number of nitrogens with two attached hydrogens (primary N) is 1. The minimum absolute atomic E-state index is 0.231. The van der Waals surface area contributed by atoms with Crippen LogP contribution in [-0.2, 0) is 6.54 Å². The highest BCUT2D eigenvalue weighted by Crippen LogP contribution is 2.30. The van der Waals surface area contributed by atoms with E-state index in [0.717, 1.165) is 17.6 Å². The normalized spacial score (nSPS) is 18.4. The Morgan fingerprint density at radius 1 is 1.45 bits per heavy atom. The molecule has 0 aliphatic carbocycles. The average molecular weight is 350 g/mol. The zero-order valence-corrected chi connectivity index (χ0v) is 13.6. The Hall–Kier alpha value is -1.33. The number of rotatable bonds is 3. The molecule has 2 N–H and O–H groups in total. The van der Waals surface area contributed by atoms with Gasteiger partial charge in [0.15, 0.2) is 5.96 Å². The Labute approximate surface area is 131 Å². The number of benzene rings is 1. The molecule has 3 nitrogen and oxygen atoms in total. The first-order chi connectivity index (χ1) is 9.65. The maximum absolute atomic E-state index is 6.06. The van der Waals surface area contributed by atoms with Crippen LogP contribution in [0.2, 0.25) is 0 Å². The minimum atomic E-state index is 0.231. The minimum Gasteiger partial charge on any atom is -0.370 e. The van der Waals surface area contributed by atoms with Gasteiger partial charge in [0.25, 0.3) is 0 Å². The van der Waals surface area contributed by atoms with Crippen LogP contribution in [0.15, 0.2) is 45.2 Å². The fourth-order valence-electron chi connectivity index (χ4n) is 2.39. The molecule has 2 heterocycles. The van der Waals surface area contributed by atoms with Gasteiger partial charge in [0.2, 0.25) is 0 Å². The van der Waals surface area contributed by atoms with Crippen LogP contribution >= 0.6 is 27.3 Å². The van der Waals surface area contributed by atoms with E-state index in [4.69, 9.17) is 5.73 Å². The van der Waals surface area contributed by atoms with E-state index >= 15 is 0 Å². The molecule has 0 spiro atoms. The Kier molecular flexibility index (Phi) is 3.81. The molecule has 0 amide bonds. The van der Waals surface area contributed by atoms with Crippen molar-refractivity contribution in [3.63, 3.8) is 0 Å². The van der Waals surface area contributed by atoms with Crippen LogP contribution in [0.4, 0.5) is 0 Å². The third-order valence-electron chi connectivity index (χ3n) is 3.58. The third-order valence-corrected chi connectivity index (χ3v) is 5.30. The summed E-state index contributed by atoms with van der Waals surface area (Å²) in [4.78, 5) is 7.91. The molecule has 20 heavy (non-hydrogen) atoms. The Bertz CT molecular complexity index is 637. The summed E-state index contributed by atoms with van der Waals surface area (Å²) < 4.78 is 1.14. The SMILES string of the molecule is Cc1ccc(C2CN=C(N)N2Cc2cccs2)cc1Br. The number of hydrogen-bond acceptors (Lipinski definition) is 4. The molecule has 104 valence electrons. The number of nitrogens with zero attached hydrogens (tertiary/aromatic N) is 2. The quantitative estimate of drug-likeness (QED) is 0.917. The summed E-state index contributed by atoms with van der Waals surface area (Å²) in [6.45, 7) is 3.65. The topological polar surface area (TPSA) is 41.6 Å². The van der Waals surface area contributed by atoms with E-state index in [9.17, 15) is 0 Å². The van der Waals surface area contributed by atoms with E-state index in [0.29, 0.717) is 5.96 Å². The van der Waals surface area contributed by atoms with Gasteiger partial charge in [-0.1, -0.05) is 34.1 Å². The molecular formula is C15H16BrN3S. The predicted octanol–water partition coefficient (Wildman–Crippen LogP) is 3.69. The maximum Gasteiger partial charge on any atom is 0.192 e. The molecule has 1 aliphatic rings. The first-order valence-electron chi connectivity index (χ1n) is 6.50. The molecule has 5 heteroatoms. The fraction of sp³-hybridized carbons (Fsp3) is 0.267. The van der Waals surface area contributed by atoms with Crippen molar-refractivity contribution in [1.82, 2.24) is 4.90 Å². The van der Waals surface area contributed by atoms with E-state index in [1.807, 2.05) is 0 Å². The number of guanidine groups is 1. The second-order valence-corrected chi connectivity index (χ2v) is 6.82. The second-order valence-electron chi connectivity index (χ2n) is 4.93. The highest BCUT2D eigenvalue weighted by molar-refractivity contribution is 9.10. The van der Waals surface area contributed by atoms with Gasteiger partial charge < -0.3 is 10.6 Å². The molecule has 0 saturated heterocycles. The number of aliphatic imine (C=N–C) groups is 1. The van der Waals surface area contributed by atoms with Crippen LogP contribution in [0.25, 0.3) is 0 Å². The Morgan fingerprint density at radius 2 is 2.30 bits per heavy atom. The van der Waals surface area contributed by atoms with Crippen LogP contribution < -0.4 is 5.73 Å². The van der Waals surface area contributed by atoms with Crippen molar-refractivity contribution in [3.8, 4) is 0 Å². The molecule has 1 aliphatic heterocycles. The summed E-state index contributed by atoms with van der Waals surface area (Å²) >= 11 is 5.36. The molecule has 1 aromatic heterocycles. The fourth-order valence-corrected chi connectivity index (χ4v) is 3.49. The van der Waals surface area contributed by atoms with Crippen molar-refractivity contribution in [2.75, 3.05) is 6.54 Å². The van der Waals surface area contributed by atoms with E-state index in [2.05, 4.69) is 68.5 Å². The van der Waals surface area contributed by atoms with Gasteiger partial charge >= 0.3 is 0 Å². The number of halogens is 1. The lowest BCUT2D eigenvalue weighted by atomic mass is 10.0. The summed E-state index contributed by atoms with van der Waals surface area (Å²) in [6.07, 6.45) is 0. The summed E-state index contributed by atoms with van der Waals surface area (Å²) in [6, 6.07) is 10.9. The number of hydrogen-bond donors (Lipinski definition) is 1. The molecule has 0 bridgehead atoms. The van der Waals surface area contributed by atoms with Gasteiger partial charge in [-0.05, 0) is 35.6 Å².